The fourth-order valence-corrected chi connectivity index (χ4v) is 4.67. The summed E-state index contributed by atoms with van der Waals surface area (Å²) in [4.78, 5) is 28.6. The van der Waals surface area contributed by atoms with Crippen molar-refractivity contribution in [2.24, 2.45) is 0 Å². The number of amides is 2. The first-order valence-electron chi connectivity index (χ1n) is 13.6. The van der Waals surface area contributed by atoms with Crippen LogP contribution in [0.3, 0.4) is 0 Å². The van der Waals surface area contributed by atoms with Gasteiger partial charge in [-0.2, -0.15) is 5.10 Å². The molecule has 0 aliphatic carbocycles. The molecule has 0 spiro atoms. The van der Waals surface area contributed by atoms with Crippen LogP contribution >= 0.6 is 0 Å². The van der Waals surface area contributed by atoms with Gasteiger partial charge in [-0.1, -0.05) is 70.2 Å². The summed E-state index contributed by atoms with van der Waals surface area (Å²) in [5.74, 6) is 0.823. The molecule has 0 unspecified atom stereocenters. The van der Waals surface area contributed by atoms with Crippen LogP contribution in [0.15, 0.2) is 78.9 Å². The lowest BCUT2D eigenvalue weighted by atomic mass is 9.86. The Morgan fingerprint density at radius 1 is 0.950 bits per heavy atom. The minimum atomic E-state index is -0.292. The van der Waals surface area contributed by atoms with Crippen molar-refractivity contribution in [2.45, 2.75) is 46.5 Å². The molecule has 0 atom stereocenters. The van der Waals surface area contributed by atoms with E-state index in [0.29, 0.717) is 17.9 Å². The smallest absolute Gasteiger partial charge is 0.254 e. The molecule has 208 valence electrons. The van der Waals surface area contributed by atoms with E-state index in [1.54, 1.807) is 16.7 Å². The minimum absolute atomic E-state index is 0.00794. The average molecular weight is 539 g/mol. The summed E-state index contributed by atoms with van der Waals surface area (Å²) in [6.07, 6.45) is 0.733. The maximum Gasteiger partial charge on any atom is 0.254 e. The molecule has 40 heavy (non-hydrogen) atoms. The van der Waals surface area contributed by atoms with E-state index in [2.05, 4.69) is 26.1 Å². The van der Waals surface area contributed by atoms with Crippen LogP contribution in [0, 0.1) is 6.92 Å². The highest BCUT2D eigenvalue weighted by molar-refractivity contribution is 6.01. The second kappa shape index (κ2) is 12.2. The summed E-state index contributed by atoms with van der Waals surface area (Å²) in [7, 11) is 1.62. The van der Waals surface area contributed by atoms with Crippen LogP contribution < -0.4 is 10.1 Å². The average Bonchev–Trinajstić information content (AvgIpc) is 3.27. The summed E-state index contributed by atoms with van der Waals surface area (Å²) in [5.41, 5.74) is 5.04. The Kier molecular flexibility index (Phi) is 8.73. The highest BCUT2D eigenvalue weighted by atomic mass is 16.5. The SMILES string of the molecule is CCCN(CC(=O)Nc1c(-c2ccccc2)c(C)nn1-c1ccc(OC)cc1)C(=O)c1ccc(C(C)(C)C)cc1. The highest BCUT2D eigenvalue weighted by Gasteiger charge is 2.24. The Labute approximate surface area is 236 Å². The summed E-state index contributed by atoms with van der Waals surface area (Å²) < 4.78 is 7.04. The second-order valence-electron chi connectivity index (χ2n) is 10.9. The third-order valence-electron chi connectivity index (χ3n) is 6.81. The second-order valence-corrected chi connectivity index (χ2v) is 10.9. The molecule has 0 radical (unpaired) electrons. The monoisotopic (exact) mass is 538 g/mol. The lowest BCUT2D eigenvalue weighted by Crippen LogP contribution is -2.38. The number of hydrogen-bond acceptors (Lipinski definition) is 4. The van der Waals surface area contributed by atoms with Gasteiger partial charge in [0.05, 0.1) is 18.5 Å². The minimum Gasteiger partial charge on any atom is -0.497 e. The van der Waals surface area contributed by atoms with Gasteiger partial charge in [-0.05, 0) is 66.3 Å². The quantitative estimate of drug-likeness (QED) is 0.259. The van der Waals surface area contributed by atoms with E-state index >= 15 is 0 Å². The van der Waals surface area contributed by atoms with Crippen LogP contribution in [0.25, 0.3) is 16.8 Å². The molecule has 1 heterocycles. The van der Waals surface area contributed by atoms with Gasteiger partial charge in [-0.3, -0.25) is 9.59 Å². The molecule has 0 aliphatic rings. The third-order valence-corrected chi connectivity index (χ3v) is 6.81. The van der Waals surface area contributed by atoms with Gasteiger partial charge < -0.3 is 15.0 Å². The largest absolute Gasteiger partial charge is 0.497 e. The van der Waals surface area contributed by atoms with Crippen LogP contribution in [0.1, 0.15) is 55.7 Å². The Morgan fingerprint density at radius 2 is 1.60 bits per heavy atom. The number of benzene rings is 3. The Morgan fingerprint density at radius 3 is 2.17 bits per heavy atom. The number of carbonyl (C=O) groups is 2. The molecule has 4 aromatic rings. The van der Waals surface area contributed by atoms with Gasteiger partial charge >= 0.3 is 0 Å². The zero-order chi connectivity index (χ0) is 28.9. The van der Waals surface area contributed by atoms with E-state index < -0.39 is 0 Å². The van der Waals surface area contributed by atoms with Gasteiger partial charge in [-0.15, -0.1) is 0 Å². The number of hydrogen-bond donors (Lipinski definition) is 1. The Bertz CT molecular complexity index is 1450. The van der Waals surface area contributed by atoms with Gasteiger partial charge in [-0.25, -0.2) is 4.68 Å². The molecule has 0 saturated heterocycles. The van der Waals surface area contributed by atoms with Gasteiger partial charge in [0.15, 0.2) is 0 Å². The van der Waals surface area contributed by atoms with Gasteiger partial charge in [0.25, 0.3) is 5.91 Å². The number of anilines is 1. The van der Waals surface area contributed by atoms with Crippen molar-refractivity contribution in [2.75, 3.05) is 25.5 Å². The number of nitrogens with zero attached hydrogens (tertiary/aromatic N) is 3. The molecule has 3 aromatic carbocycles. The zero-order valence-corrected chi connectivity index (χ0v) is 24.2. The van der Waals surface area contributed by atoms with Gasteiger partial charge in [0.1, 0.15) is 18.1 Å². The molecule has 2 amide bonds. The molecular weight excluding hydrogens is 500 g/mol. The number of methoxy groups -OCH3 is 1. The van der Waals surface area contributed by atoms with E-state index in [0.717, 1.165) is 40.2 Å². The first-order valence-corrected chi connectivity index (χ1v) is 13.6. The fourth-order valence-electron chi connectivity index (χ4n) is 4.67. The van der Waals surface area contributed by atoms with Crippen molar-refractivity contribution in [3.63, 3.8) is 0 Å². The first kappa shape index (κ1) is 28.6. The summed E-state index contributed by atoms with van der Waals surface area (Å²) >= 11 is 0. The Balaban J connectivity index is 1.64. The first-order chi connectivity index (χ1) is 19.1. The molecule has 7 nitrogen and oxygen atoms in total. The van der Waals surface area contributed by atoms with Crippen molar-refractivity contribution in [3.8, 4) is 22.6 Å². The van der Waals surface area contributed by atoms with Gasteiger partial charge in [0.2, 0.25) is 5.91 Å². The Hall–Kier alpha value is -4.39. The molecule has 0 aliphatic heterocycles. The van der Waals surface area contributed by atoms with Crippen LogP contribution in [0.5, 0.6) is 5.75 Å². The molecule has 1 N–H and O–H groups in total. The predicted molar refractivity (Wildman–Crippen MR) is 160 cm³/mol. The molecule has 0 saturated carbocycles. The number of nitrogens with one attached hydrogen (secondary N) is 1. The maximum atomic E-state index is 13.5. The van der Waals surface area contributed by atoms with E-state index in [1.165, 1.54) is 0 Å². The summed E-state index contributed by atoms with van der Waals surface area (Å²) in [5, 5.41) is 7.86. The highest BCUT2D eigenvalue weighted by Crippen LogP contribution is 2.34. The van der Waals surface area contributed by atoms with E-state index in [9.17, 15) is 9.59 Å². The summed E-state index contributed by atoms with van der Waals surface area (Å²) in [6, 6.07) is 25.0. The van der Waals surface area contributed by atoms with Crippen molar-refractivity contribution < 1.29 is 14.3 Å². The van der Waals surface area contributed by atoms with E-state index in [1.807, 2.05) is 92.7 Å². The van der Waals surface area contributed by atoms with Crippen LogP contribution in [-0.2, 0) is 10.2 Å². The number of carbonyl (C=O) groups excluding carboxylic acids is 2. The van der Waals surface area contributed by atoms with Crippen LogP contribution in [-0.4, -0.2) is 46.7 Å². The predicted octanol–water partition coefficient (Wildman–Crippen LogP) is 6.64. The number of aromatic nitrogens is 2. The van der Waals surface area contributed by atoms with Gasteiger partial charge in [0, 0.05) is 17.7 Å². The third kappa shape index (κ3) is 6.42. The lowest BCUT2D eigenvalue weighted by molar-refractivity contribution is -0.116. The standard InChI is InChI=1S/C33H38N4O3/c1-7-21-36(32(39)25-13-15-26(16-14-25)33(3,4)5)22-29(38)34-31-30(24-11-9-8-10-12-24)23(2)35-37(31)27-17-19-28(40-6)20-18-27/h8-20H,7,21-22H2,1-6H3,(H,34,38). The van der Waals surface area contributed by atoms with E-state index in [4.69, 9.17) is 9.84 Å². The van der Waals surface area contributed by atoms with Crippen molar-refractivity contribution in [1.29, 1.82) is 0 Å². The zero-order valence-electron chi connectivity index (χ0n) is 24.2. The van der Waals surface area contributed by atoms with Crippen molar-refractivity contribution >= 4 is 17.6 Å². The van der Waals surface area contributed by atoms with Crippen molar-refractivity contribution in [3.05, 3.63) is 95.7 Å². The molecule has 4 rings (SSSR count). The number of rotatable bonds is 9. The maximum absolute atomic E-state index is 13.5. The molecule has 7 heteroatoms. The normalized spacial score (nSPS) is 11.2. The lowest BCUT2D eigenvalue weighted by Gasteiger charge is -2.23. The molecule has 1 aromatic heterocycles. The topological polar surface area (TPSA) is 76.5 Å². The van der Waals surface area contributed by atoms with E-state index in [-0.39, 0.29) is 23.8 Å². The van der Waals surface area contributed by atoms with Crippen molar-refractivity contribution in [1.82, 2.24) is 14.7 Å². The summed E-state index contributed by atoms with van der Waals surface area (Å²) in [6.45, 7) is 10.7. The van der Waals surface area contributed by atoms with Crippen LogP contribution in [0.2, 0.25) is 0 Å². The molecule has 0 fully saturated rings. The molecule has 0 bridgehead atoms. The molecular formula is C33H38N4O3. The number of ether oxygens (including phenoxy) is 1. The van der Waals surface area contributed by atoms with Crippen LogP contribution in [0.4, 0.5) is 5.82 Å². The fraction of sp³-hybridized carbons (Fsp3) is 0.303. The number of aryl methyl sites for hydroxylation is 1.